The molecule has 1 fully saturated rings. The first kappa shape index (κ1) is 14.1. The van der Waals surface area contributed by atoms with Gasteiger partial charge in [0.05, 0.1) is 5.54 Å². The first-order chi connectivity index (χ1) is 10.1. The Kier molecular flexibility index (Phi) is 3.71. The van der Waals surface area contributed by atoms with Crippen molar-refractivity contribution in [1.82, 2.24) is 10.1 Å². The Labute approximate surface area is 121 Å². The molecule has 1 aromatic carbocycles. The van der Waals surface area contributed by atoms with Crippen molar-refractivity contribution in [1.29, 1.82) is 0 Å². The van der Waals surface area contributed by atoms with Crippen molar-refractivity contribution >= 4 is 0 Å². The van der Waals surface area contributed by atoms with Gasteiger partial charge >= 0.3 is 0 Å². The van der Waals surface area contributed by atoms with E-state index in [1.165, 1.54) is 0 Å². The van der Waals surface area contributed by atoms with Crippen molar-refractivity contribution in [2.45, 2.75) is 44.1 Å². The van der Waals surface area contributed by atoms with Gasteiger partial charge in [-0.1, -0.05) is 30.8 Å². The summed E-state index contributed by atoms with van der Waals surface area (Å²) >= 11 is 0. The lowest BCUT2D eigenvalue weighted by Crippen LogP contribution is -2.37. The highest BCUT2D eigenvalue weighted by molar-refractivity contribution is 5.52. The highest BCUT2D eigenvalue weighted by Gasteiger charge is 2.33. The van der Waals surface area contributed by atoms with Crippen LogP contribution in [-0.2, 0) is 5.54 Å². The number of benzene rings is 1. The average Bonchev–Trinajstić information content (AvgIpc) is 2.83. The number of nitrogens with zero attached hydrogens (tertiary/aromatic N) is 2. The summed E-state index contributed by atoms with van der Waals surface area (Å²) in [7, 11) is 0. The third kappa shape index (κ3) is 2.95. The molecule has 0 aliphatic heterocycles. The van der Waals surface area contributed by atoms with E-state index in [9.17, 15) is 8.78 Å². The zero-order valence-corrected chi connectivity index (χ0v) is 11.6. The fourth-order valence-electron chi connectivity index (χ4n) is 2.80. The number of hydrogen-bond donors (Lipinski definition) is 1. The first-order valence-corrected chi connectivity index (χ1v) is 7.16. The Morgan fingerprint density at radius 3 is 2.24 bits per heavy atom. The van der Waals surface area contributed by atoms with Crippen molar-refractivity contribution in [3.8, 4) is 11.5 Å². The first-order valence-electron chi connectivity index (χ1n) is 7.16. The maximum Gasteiger partial charge on any atom is 0.258 e. The van der Waals surface area contributed by atoms with Crippen molar-refractivity contribution in [2.24, 2.45) is 5.73 Å². The van der Waals surface area contributed by atoms with E-state index in [2.05, 4.69) is 10.1 Å². The second kappa shape index (κ2) is 5.52. The molecule has 1 aromatic heterocycles. The van der Waals surface area contributed by atoms with Gasteiger partial charge in [0.1, 0.15) is 11.6 Å². The quantitative estimate of drug-likeness (QED) is 0.860. The zero-order chi connectivity index (χ0) is 14.9. The molecule has 21 heavy (non-hydrogen) atoms. The van der Waals surface area contributed by atoms with Gasteiger partial charge in [0.15, 0.2) is 5.82 Å². The molecule has 1 heterocycles. The van der Waals surface area contributed by atoms with Gasteiger partial charge in [-0.25, -0.2) is 8.78 Å². The van der Waals surface area contributed by atoms with Crippen LogP contribution in [0.3, 0.4) is 0 Å². The van der Waals surface area contributed by atoms with Crippen LogP contribution in [-0.4, -0.2) is 10.1 Å². The van der Waals surface area contributed by atoms with Crippen LogP contribution in [0.2, 0.25) is 0 Å². The van der Waals surface area contributed by atoms with Gasteiger partial charge in [0.25, 0.3) is 5.89 Å². The minimum absolute atomic E-state index is 0.0949. The number of aromatic nitrogens is 2. The minimum atomic E-state index is -0.679. The molecule has 0 radical (unpaired) electrons. The number of halogens is 2. The maximum absolute atomic E-state index is 13.2. The van der Waals surface area contributed by atoms with E-state index < -0.39 is 17.2 Å². The van der Waals surface area contributed by atoms with Crippen LogP contribution >= 0.6 is 0 Å². The molecule has 1 aliphatic carbocycles. The molecule has 1 aliphatic rings. The Balaban J connectivity index is 1.92. The fraction of sp³-hybridized carbons (Fsp3) is 0.467. The summed E-state index contributed by atoms with van der Waals surface area (Å²) in [6.45, 7) is 0. The minimum Gasteiger partial charge on any atom is -0.334 e. The van der Waals surface area contributed by atoms with Gasteiger partial charge in [0.2, 0.25) is 0 Å². The lowest BCUT2D eigenvalue weighted by molar-refractivity contribution is 0.334. The molecular weight excluding hydrogens is 276 g/mol. The predicted octanol–water partition coefficient (Wildman–Crippen LogP) is 3.52. The summed E-state index contributed by atoms with van der Waals surface area (Å²) in [6, 6.07) is 3.13. The van der Waals surface area contributed by atoms with E-state index in [4.69, 9.17) is 10.3 Å². The predicted molar refractivity (Wildman–Crippen MR) is 73.2 cm³/mol. The number of rotatable bonds is 2. The summed E-state index contributed by atoms with van der Waals surface area (Å²) in [4.78, 5) is 4.26. The lowest BCUT2D eigenvalue weighted by atomic mass is 9.91. The van der Waals surface area contributed by atoms with Crippen LogP contribution in [0.5, 0.6) is 0 Å². The standard InChI is InChI=1S/C15H17F2N3O/c16-11-7-10(8-12(17)9-11)13-19-14(20-21-13)15(18)5-3-1-2-4-6-15/h7-9H,1-6,18H2. The molecule has 0 atom stereocenters. The molecule has 112 valence electrons. The van der Waals surface area contributed by atoms with E-state index in [1.54, 1.807) is 0 Å². The molecule has 3 rings (SSSR count). The van der Waals surface area contributed by atoms with E-state index in [1.807, 2.05) is 0 Å². The molecule has 0 spiro atoms. The lowest BCUT2D eigenvalue weighted by Gasteiger charge is -2.23. The largest absolute Gasteiger partial charge is 0.334 e. The molecule has 0 amide bonds. The van der Waals surface area contributed by atoms with Gasteiger partial charge < -0.3 is 10.3 Å². The molecule has 6 heteroatoms. The molecule has 1 saturated carbocycles. The van der Waals surface area contributed by atoms with E-state index in [-0.39, 0.29) is 11.5 Å². The molecule has 2 aromatic rings. The Hall–Kier alpha value is -1.82. The summed E-state index contributed by atoms with van der Waals surface area (Å²) in [6.07, 6.45) is 5.94. The zero-order valence-electron chi connectivity index (χ0n) is 11.6. The Bertz CT molecular complexity index is 613. The van der Waals surface area contributed by atoms with Crippen molar-refractivity contribution < 1.29 is 13.3 Å². The molecular formula is C15H17F2N3O. The van der Waals surface area contributed by atoms with Crippen LogP contribution in [0.4, 0.5) is 8.78 Å². The number of nitrogens with two attached hydrogens (primary N) is 1. The van der Waals surface area contributed by atoms with Gasteiger partial charge in [-0.3, -0.25) is 0 Å². The third-order valence-electron chi connectivity index (χ3n) is 3.98. The molecule has 0 unspecified atom stereocenters. The Morgan fingerprint density at radius 2 is 1.62 bits per heavy atom. The fourth-order valence-corrected chi connectivity index (χ4v) is 2.80. The molecule has 2 N–H and O–H groups in total. The van der Waals surface area contributed by atoms with Gasteiger partial charge in [-0.05, 0) is 25.0 Å². The summed E-state index contributed by atoms with van der Waals surface area (Å²) in [5.41, 5.74) is 6.02. The van der Waals surface area contributed by atoms with Gasteiger partial charge in [-0.15, -0.1) is 0 Å². The van der Waals surface area contributed by atoms with E-state index in [0.717, 1.165) is 56.7 Å². The van der Waals surface area contributed by atoms with Crippen LogP contribution in [0.15, 0.2) is 22.7 Å². The maximum atomic E-state index is 13.2. The van der Waals surface area contributed by atoms with Gasteiger partial charge in [0, 0.05) is 11.6 Å². The van der Waals surface area contributed by atoms with Crippen molar-refractivity contribution in [3.05, 3.63) is 35.7 Å². The van der Waals surface area contributed by atoms with Crippen molar-refractivity contribution in [3.63, 3.8) is 0 Å². The third-order valence-corrected chi connectivity index (χ3v) is 3.98. The second-order valence-corrected chi connectivity index (χ2v) is 5.65. The van der Waals surface area contributed by atoms with Crippen molar-refractivity contribution in [2.75, 3.05) is 0 Å². The van der Waals surface area contributed by atoms with Crippen LogP contribution in [0.1, 0.15) is 44.3 Å². The topological polar surface area (TPSA) is 64.9 Å². The summed E-state index contributed by atoms with van der Waals surface area (Å²) in [5.74, 6) is -0.843. The highest BCUT2D eigenvalue weighted by Crippen LogP contribution is 2.33. The SMILES string of the molecule is NC1(c2noc(-c3cc(F)cc(F)c3)n2)CCCCCC1. The monoisotopic (exact) mass is 293 g/mol. The van der Waals surface area contributed by atoms with E-state index in [0.29, 0.717) is 5.82 Å². The second-order valence-electron chi connectivity index (χ2n) is 5.65. The molecule has 4 nitrogen and oxygen atoms in total. The molecule has 0 saturated heterocycles. The van der Waals surface area contributed by atoms with E-state index >= 15 is 0 Å². The number of hydrogen-bond acceptors (Lipinski definition) is 4. The normalized spacial score (nSPS) is 18.4. The molecule has 0 bridgehead atoms. The summed E-state index contributed by atoms with van der Waals surface area (Å²) < 4.78 is 31.6. The Morgan fingerprint density at radius 1 is 1.00 bits per heavy atom. The van der Waals surface area contributed by atoms with Crippen LogP contribution in [0, 0.1) is 11.6 Å². The van der Waals surface area contributed by atoms with Gasteiger partial charge in [-0.2, -0.15) is 4.98 Å². The highest BCUT2D eigenvalue weighted by atomic mass is 19.1. The summed E-state index contributed by atoms with van der Waals surface area (Å²) in [5, 5.41) is 3.93. The average molecular weight is 293 g/mol. The van der Waals surface area contributed by atoms with Crippen LogP contribution < -0.4 is 5.73 Å². The van der Waals surface area contributed by atoms with Crippen LogP contribution in [0.25, 0.3) is 11.5 Å². The smallest absolute Gasteiger partial charge is 0.258 e.